The fourth-order valence-electron chi connectivity index (χ4n) is 2.41. The van der Waals surface area contributed by atoms with Gasteiger partial charge in [-0.15, -0.1) is 13.2 Å². The average molecular weight is 430 g/mol. The number of hydrogen-bond donors (Lipinski definition) is 1. The van der Waals surface area contributed by atoms with Crippen LogP contribution in [0.4, 0.5) is 29.3 Å². The minimum Gasteiger partial charge on any atom is -0.406 e. The summed E-state index contributed by atoms with van der Waals surface area (Å²) >= 11 is 7.26. The smallest absolute Gasteiger partial charge is 0.406 e. The fraction of sp³-hybridized carbons (Fsp3) is 0.222. The molecule has 1 aliphatic rings. The maximum atomic E-state index is 12.9. The van der Waals surface area contributed by atoms with E-state index in [0.717, 1.165) is 12.1 Å². The number of halogens is 4. The quantitative estimate of drug-likeness (QED) is 0.674. The van der Waals surface area contributed by atoms with E-state index in [1.54, 1.807) is 24.3 Å². The number of anilines is 2. The molecular formula is C18H15ClF3N3O2S. The van der Waals surface area contributed by atoms with Crippen LogP contribution < -0.4 is 15.0 Å². The Kier molecular flexibility index (Phi) is 6.04. The molecular weight excluding hydrogens is 415 g/mol. The predicted octanol–water partition coefficient (Wildman–Crippen LogP) is 5.77. The first-order valence-electron chi connectivity index (χ1n) is 8.15. The number of alkyl halides is 3. The van der Waals surface area contributed by atoms with Crippen molar-refractivity contribution in [2.24, 2.45) is 4.99 Å². The number of carbonyl (C=O) groups excluding carboxylic acids is 1. The number of nitrogens with one attached hydrogen (secondary N) is 1. The summed E-state index contributed by atoms with van der Waals surface area (Å²) in [5, 5.41) is 3.91. The van der Waals surface area contributed by atoms with E-state index in [2.05, 4.69) is 15.0 Å². The van der Waals surface area contributed by atoms with Crippen molar-refractivity contribution in [3.05, 3.63) is 53.6 Å². The van der Waals surface area contributed by atoms with Gasteiger partial charge in [0, 0.05) is 16.0 Å². The summed E-state index contributed by atoms with van der Waals surface area (Å²) < 4.78 is 41.0. The lowest BCUT2D eigenvalue weighted by molar-refractivity contribution is -0.274. The van der Waals surface area contributed by atoms with Crippen molar-refractivity contribution < 1.29 is 22.7 Å². The third kappa shape index (κ3) is 5.32. The molecule has 1 aliphatic heterocycles. The van der Waals surface area contributed by atoms with E-state index < -0.39 is 12.4 Å². The fourth-order valence-corrected chi connectivity index (χ4v) is 3.49. The number of hydrogen-bond acceptors (Lipinski definition) is 4. The van der Waals surface area contributed by atoms with Gasteiger partial charge in [0.25, 0.3) is 0 Å². The SMILES string of the molecule is C[C@@H]1CN=C(N(C(=O)Nc2ccc(Cl)cc2)c2ccc(OC(F)(F)F)cc2)S1. The Labute approximate surface area is 168 Å². The van der Waals surface area contributed by atoms with Gasteiger partial charge in [0.2, 0.25) is 0 Å². The minimum absolute atomic E-state index is 0.189. The molecule has 0 saturated carbocycles. The zero-order chi connectivity index (χ0) is 20.3. The number of thioether (sulfide) groups is 1. The predicted molar refractivity (Wildman–Crippen MR) is 105 cm³/mol. The van der Waals surface area contributed by atoms with Gasteiger partial charge in [-0.2, -0.15) is 0 Å². The second-order valence-corrected chi connectivity index (χ2v) is 7.71. The molecule has 0 bridgehead atoms. The monoisotopic (exact) mass is 429 g/mol. The molecule has 2 aromatic rings. The van der Waals surface area contributed by atoms with Crippen molar-refractivity contribution in [2.75, 3.05) is 16.8 Å². The van der Waals surface area contributed by atoms with E-state index in [9.17, 15) is 18.0 Å². The molecule has 1 heterocycles. The highest BCUT2D eigenvalue weighted by Gasteiger charge is 2.32. The second-order valence-electron chi connectivity index (χ2n) is 5.87. The number of amides is 2. The Morgan fingerprint density at radius 2 is 1.86 bits per heavy atom. The molecule has 2 aromatic carbocycles. The van der Waals surface area contributed by atoms with E-state index in [1.165, 1.54) is 28.8 Å². The number of urea groups is 1. The molecule has 28 heavy (non-hydrogen) atoms. The van der Waals surface area contributed by atoms with Crippen molar-refractivity contribution in [1.82, 2.24) is 0 Å². The average Bonchev–Trinajstić information content (AvgIpc) is 3.03. The largest absolute Gasteiger partial charge is 0.573 e. The van der Waals surface area contributed by atoms with Gasteiger partial charge in [0.1, 0.15) is 5.75 Å². The molecule has 0 aromatic heterocycles. The van der Waals surface area contributed by atoms with Crippen LogP contribution in [0.15, 0.2) is 53.5 Å². The third-order valence-electron chi connectivity index (χ3n) is 3.61. The molecule has 0 saturated heterocycles. The lowest BCUT2D eigenvalue weighted by atomic mass is 10.3. The molecule has 148 valence electrons. The van der Waals surface area contributed by atoms with Gasteiger partial charge in [0.15, 0.2) is 5.17 Å². The van der Waals surface area contributed by atoms with Crippen LogP contribution >= 0.6 is 23.4 Å². The van der Waals surface area contributed by atoms with E-state index in [1.807, 2.05) is 6.92 Å². The molecule has 5 nitrogen and oxygen atoms in total. The van der Waals surface area contributed by atoms with Crippen molar-refractivity contribution >= 4 is 45.9 Å². The lowest BCUT2D eigenvalue weighted by Crippen LogP contribution is -2.38. The van der Waals surface area contributed by atoms with Gasteiger partial charge in [0.05, 0.1) is 12.2 Å². The summed E-state index contributed by atoms with van der Waals surface area (Å²) in [7, 11) is 0. The van der Waals surface area contributed by atoms with Gasteiger partial charge < -0.3 is 10.1 Å². The lowest BCUT2D eigenvalue weighted by Gasteiger charge is -2.23. The Morgan fingerprint density at radius 1 is 1.21 bits per heavy atom. The maximum Gasteiger partial charge on any atom is 0.573 e. The molecule has 0 aliphatic carbocycles. The summed E-state index contributed by atoms with van der Waals surface area (Å²) in [5.74, 6) is -0.372. The van der Waals surface area contributed by atoms with E-state index in [-0.39, 0.29) is 11.0 Å². The van der Waals surface area contributed by atoms with Crippen LogP contribution in [0.5, 0.6) is 5.75 Å². The second kappa shape index (κ2) is 8.32. The standard InChI is InChI=1S/C18H15ClF3N3O2S/c1-11-10-23-17(28-11)25(16(26)24-13-4-2-12(19)3-5-13)14-6-8-15(9-7-14)27-18(20,21)22/h2-9,11H,10H2,1H3,(H,24,26)/t11-/m1/s1. The summed E-state index contributed by atoms with van der Waals surface area (Å²) in [6.45, 7) is 2.51. The number of nitrogens with zero attached hydrogens (tertiary/aromatic N) is 2. The van der Waals surface area contributed by atoms with Crippen LogP contribution in [0.2, 0.25) is 5.02 Å². The summed E-state index contributed by atoms with van der Waals surface area (Å²) in [6, 6.07) is 11.1. The van der Waals surface area contributed by atoms with Crippen LogP contribution in [-0.4, -0.2) is 29.4 Å². The summed E-state index contributed by atoms with van der Waals surface area (Å²) in [5.41, 5.74) is 0.884. The number of amidine groups is 1. The molecule has 1 N–H and O–H groups in total. The van der Waals surface area contributed by atoms with Crippen LogP contribution in [0.1, 0.15) is 6.92 Å². The van der Waals surface area contributed by atoms with E-state index in [4.69, 9.17) is 11.6 Å². The maximum absolute atomic E-state index is 12.9. The van der Waals surface area contributed by atoms with Gasteiger partial charge in [-0.3, -0.25) is 4.99 Å². The van der Waals surface area contributed by atoms with Crippen molar-refractivity contribution in [3.8, 4) is 5.75 Å². The number of benzene rings is 2. The Morgan fingerprint density at radius 3 is 2.39 bits per heavy atom. The molecule has 0 radical (unpaired) electrons. The third-order valence-corrected chi connectivity index (χ3v) is 4.93. The molecule has 0 unspecified atom stereocenters. The normalized spacial score (nSPS) is 16.5. The zero-order valence-electron chi connectivity index (χ0n) is 14.5. The van der Waals surface area contributed by atoms with Crippen molar-refractivity contribution in [3.63, 3.8) is 0 Å². The van der Waals surface area contributed by atoms with Crippen LogP contribution in [-0.2, 0) is 0 Å². The first-order chi connectivity index (χ1) is 13.2. The topological polar surface area (TPSA) is 53.9 Å². The molecule has 2 amide bonds. The minimum atomic E-state index is -4.78. The first kappa shape index (κ1) is 20.3. The van der Waals surface area contributed by atoms with E-state index >= 15 is 0 Å². The number of carbonyl (C=O) groups is 1. The van der Waals surface area contributed by atoms with Gasteiger partial charge in [-0.25, -0.2) is 9.69 Å². The highest BCUT2D eigenvalue weighted by molar-refractivity contribution is 8.15. The highest BCUT2D eigenvalue weighted by atomic mass is 35.5. The number of rotatable bonds is 3. The van der Waals surface area contributed by atoms with Crippen LogP contribution in [0.3, 0.4) is 0 Å². The van der Waals surface area contributed by atoms with Crippen molar-refractivity contribution in [2.45, 2.75) is 18.5 Å². The van der Waals surface area contributed by atoms with Gasteiger partial charge >= 0.3 is 12.4 Å². The zero-order valence-corrected chi connectivity index (χ0v) is 16.1. The molecule has 3 rings (SSSR count). The number of ether oxygens (including phenoxy) is 1. The van der Waals surface area contributed by atoms with Gasteiger partial charge in [-0.05, 0) is 48.5 Å². The summed E-state index contributed by atoms with van der Waals surface area (Å²) in [4.78, 5) is 18.6. The van der Waals surface area contributed by atoms with E-state index in [0.29, 0.717) is 28.1 Å². The number of aliphatic imine (C=N–C) groups is 1. The highest BCUT2D eigenvalue weighted by Crippen LogP contribution is 2.30. The molecule has 0 fully saturated rings. The molecule has 0 spiro atoms. The van der Waals surface area contributed by atoms with Gasteiger partial charge in [-0.1, -0.05) is 30.3 Å². The first-order valence-corrected chi connectivity index (χ1v) is 9.40. The van der Waals surface area contributed by atoms with Crippen LogP contribution in [0, 0.1) is 0 Å². The van der Waals surface area contributed by atoms with Crippen LogP contribution in [0.25, 0.3) is 0 Å². The molecule has 10 heteroatoms. The Hall–Kier alpha value is -2.39. The Balaban J connectivity index is 1.84. The molecule has 1 atom stereocenters. The summed E-state index contributed by atoms with van der Waals surface area (Å²) in [6.07, 6.45) is -4.78. The van der Waals surface area contributed by atoms with Crippen molar-refractivity contribution in [1.29, 1.82) is 0 Å². The Bertz CT molecular complexity index is 873.